The van der Waals surface area contributed by atoms with E-state index in [0.717, 1.165) is 24.1 Å². The molecule has 0 saturated heterocycles. The highest BCUT2D eigenvalue weighted by molar-refractivity contribution is 5.03. The average Bonchev–Trinajstić information content (AvgIpc) is 2.87. The summed E-state index contributed by atoms with van der Waals surface area (Å²) in [5.41, 5.74) is 7.02. The van der Waals surface area contributed by atoms with Crippen LogP contribution in [0.1, 0.15) is 38.4 Å². The van der Waals surface area contributed by atoms with E-state index in [-0.39, 0.29) is 6.04 Å². The Hall–Kier alpha value is -0.830. The maximum atomic E-state index is 5.87. The lowest BCUT2D eigenvalue weighted by Crippen LogP contribution is -2.15. The summed E-state index contributed by atoms with van der Waals surface area (Å²) in [4.78, 5) is 4.16. The van der Waals surface area contributed by atoms with Crippen LogP contribution in [0.3, 0.4) is 0 Å². The zero-order valence-electron chi connectivity index (χ0n) is 8.98. The summed E-state index contributed by atoms with van der Waals surface area (Å²) in [6.07, 6.45) is 6.59. The zero-order valence-corrected chi connectivity index (χ0v) is 8.98. The topological polar surface area (TPSA) is 43.8 Å². The Morgan fingerprint density at radius 2 is 2.29 bits per heavy atom. The summed E-state index contributed by atoms with van der Waals surface area (Å²) in [6.45, 7) is 5.40. The van der Waals surface area contributed by atoms with Gasteiger partial charge in [0.15, 0.2) is 0 Å². The van der Waals surface area contributed by atoms with E-state index < -0.39 is 0 Å². The molecule has 0 amide bonds. The van der Waals surface area contributed by atoms with Gasteiger partial charge in [0.1, 0.15) is 0 Å². The van der Waals surface area contributed by atoms with Crippen molar-refractivity contribution in [3.63, 3.8) is 0 Å². The number of aromatic nitrogens is 2. The molecule has 1 aliphatic rings. The highest BCUT2D eigenvalue weighted by Gasteiger charge is 2.28. The molecule has 1 saturated carbocycles. The molecule has 1 fully saturated rings. The number of imidazole rings is 1. The molecule has 0 spiro atoms. The average molecular weight is 193 g/mol. The molecule has 0 bridgehead atoms. The van der Waals surface area contributed by atoms with Crippen molar-refractivity contribution < 1.29 is 0 Å². The lowest BCUT2D eigenvalue weighted by molar-refractivity contribution is 0.419. The molecule has 2 atom stereocenters. The van der Waals surface area contributed by atoms with E-state index in [1.807, 2.05) is 19.4 Å². The van der Waals surface area contributed by atoms with Crippen LogP contribution in [-0.2, 0) is 6.54 Å². The Morgan fingerprint density at radius 1 is 1.57 bits per heavy atom. The predicted molar refractivity (Wildman–Crippen MR) is 56.7 cm³/mol. The van der Waals surface area contributed by atoms with Crippen molar-refractivity contribution in [3.05, 3.63) is 18.2 Å². The monoisotopic (exact) mass is 193 g/mol. The van der Waals surface area contributed by atoms with Crippen LogP contribution >= 0.6 is 0 Å². The molecule has 0 aromatic carbocycles. The Balaban J connectivity index is 2.03. The van der Waals surface area contributed by atoms with Crippen LogP contribution in [0.15, 0.2) is 12.5 Å². The van der Waals surface area contributed by atoms with Crippen molar-refractivity contribution in [2.75, 3.05) is 0 Å². The van der Waals surface area contributed by atoms with Crippen LogP contribution in [0.25, 0.3) is 0 Å². The number of nitrogens with two attached hydrogens (primary N) is 1. The first-order valence-electron chi connectivity index (χ1n) is 5.44. The molecule has 0 aliphatic heterocycles. The van der Waals surface area contributed by atoms with Crippen LogP contribution in [0.5, 0.6) is 0 Å². The van der Waals surface area contributed by atoms with Crippen LogP contribution in [0.4, 0.5) is 0 Å². The van der Waals surface area contributed by atoms with Gasteiger partial charge in [-0.2, -0.15) is 0 Å². The van der Waals surface area contributed by atoms with Gasteiger partial charge < -0.3 is 10.3 Å². The summed E-state index contributed by atoms with van der Waals surface area (Å²) >= 11 is 0. The summed E-state index contributed by atoms with van der Waals surface area (Å²) in [5, 5.41) is 0. The van der Waals surface area contributed by atoms with Crippen molar-refractivity contribution >= 4 is 0 Å². The van der Waals surface area contributed by atoms with Gasteiger partial charge in [-0.3, -0.25) is 0 Å². The third-order valence-corrected chi connectivity index (χ3v) is 3.12. The van der Waals surface area contributed by atoms with Crippen LogP contribution in [0, 0.1) is 11.8 Å². The molecular formula is C11H19N3. The maximum Gasteiger partial charge on any atom is 0.0948 e. The fourth-order valence-electron chi connectivity index (χ4n) is 1.99. The van der Waals surface area contributed by atoms with E-state index in [9.17, 15) is 0 Å². The first-order valence-corrected chi connectivity index (χ1v) is 5.44. The Labute approximate surface area is 85.3 Å². The van der Waals surface area contributed by atoms with Crippen molar-refractivity contribution in [1.29, 1.82) is 0 Å². The first kappa shape index (κ1) is 9.71. The van der Waals surface area contributed by atoms with Gasteiger partial charge in [-0.05, 0) is 31.6 Å². The fraction of sp³-hybridized carbons (Fsp3) is 0.727. The van der Waals surface area contributed by atoms with Crippen LogP contribution < -0.4 is 5.73 Å². The van der Waals surface area contributed by atoms with Gasteiger partial charge in [0.25, 0.3) is 0 Å². The smallest absolute Gasteiger partial charge is 0.0948 e. The Bertz CT molecular complexity index is 299. The van der Waals surface area contributed by atoms with E-state index in [0.29, 0.717) is 0 Å². The highest BCUT2D eigenvalue weighted by atomic mass is 15.1. The van der Waals surface area contributed by atoms with Crippen molar-refractivity contribution in [2.24, 2.45) is 17.6 Å². The Kier molecular flexibility index (Phi) is 2.59. The summed E-state index contributed by atoms with van der Waals surface area (Å²) in [6, 6.07) is 0.0869. The number of rotatable bonds is 4. The molecule has 0 radical (unpaired) electrons. The number of hydrogen-bond donors (Lipinski definition) is 1. The molecular weight excluding hydrogens is 174 g/mol. The van der Waals surface area contributed by atoms with Gasteiger partial charge in [-0.1, -0.05) is 6.92 Å². The lowest BCUT2D eigenvalue weighted by atomic mass is 10.1. The van der Waals surface area contributed by atoms with Crippen molar-refractivity contribution in [2.45, 2.75) is 39.3 Å². The second-order valence-corrected chi connectivity index (χ2v) is 4.57. The molecule has 2 rings (SSSR count). The molecule has 78 valence electrons. The fourth-order valence-corrected chi connectivity index (χ4v) is 1.99. The molecule has 3 heteroatoms. The quantitative estimate of drug-likeness (QED) is 0.794. The SMILES string of the molecule is CC(Cn1cncc1[C@@H](C)N)C1CC1. The predicted octanol–water partition coefficient (Wildman–Crippen LogP) is 1.95. The third kappa shape index (κ3) is 1.98. The van der Waals surface area contributed by atoms with E-state index in [2.05, 4.69) is 16.5 Å². The molecule has 14 heavy (non-hydrogen) atoms. The van der Waals surface area contributed by atoms with Crippen molar-refractivity contribution in [1.82, 2.24) is 9.55 Å². The minimum absolute atomic E-state index is 0.0869. The van der Waals surface area contributed by atoms with E-state index in [1.54, 1.807) is 0 Å². The maximum absolute atomic E-state index is 5.87. The molecule has 1 aromatic rings. The zero-order chi connectivity index (χ0) is 10.1. The molecule has 2 N–H and O–H groups in total. The largest absolute Gasteiger partial charge is 0.333 e. The summed E-state index contributed by atoms with van der Waals surface area (Å²) in [7, 11) is 0. The standard InChI is InChI=1S/C11H19N3/c1-8(10-3-4-10)6-14-7-13-5-11(14)9(2)12/h5,7-10H,3-4,6,12H2,1-2H3/t8?,9-/m1/s1. The van der Waals surface area contributed by atoms with Crippen LogP contribution in [0.2, 0.25) is 0 Å². The van der Waals surface area contributed by atoms with Crippen molar-refractivity contribution in [3.8, 4) is 0 Å². The third-order valence-electron chi connectivity index (χ3n) is 3.12. The van der Waals surface area contributed by atoms with Crippen LogP contribution in [-0.4, -0.2) is 9.55 Å². The second kappa shape index (κ2) is 3.73. The number of hydrogen-bond acceptors (Lipinski definition) is 2. The lowest BCUT2D eigenvalue weighted by Gasteiger charge is -2.15. The molecule has 1 aromatic heterocycles. The van der Waals surface area contributed by atoms with Gasteiger partial charge in [0.05, 0.1) is 12.0 Å². The van der Waals surface area contributed by atoms with Gasteiger partial charge in [0.2, 0.25) is 0 Å². The second-order valence-electron chi connectivity index (χ2n) is 4.57. The van der Waals surface area contributed by atoms with Gasteiger partial charge >= 0.3 is 0 Å². The molecule has 1 heterocycles. The normalized spacial score (nSPS) is 20.8. The molecule has 3 nitrogen and oxygen atoms in total. The molecule has 1 unspecified atom stereocenters. The minimum atomic E-state index is 0.0869. The van der Waals surface area contributed by atoms with E-state index in [4.69, 9.17) is 5.73 Å². The molecule has 1 aliphatic carbocycles. The van der Waals surface area contributed by atoms with Gasteiger partial charge in [-0.15, -0.1) is 0 Å². The van der Waals surface area contributed by atoms with Gasteiger partial charge in [-0.25, -0.2) is 4.98 Å². The Morgan fingerprint density at radius 3 is 2.86 bits per heavy atom. The summed E-state index contributed by atoms with van der Waals surface area (Å²) in [5.74, 6) is 1.71. The number of nitrogens with zero attached hydrogens (tertiary/aromatic N) is 2. The summed E-state index contributed by atoms with van der Waals surface area (Å²) < 4.78 is 2.20. The highest BCUT2D eigenvalue weighted by Crippen LogP contribution is 2.37. The minimum Gasteiger partial charge on any atom is -0.333 e. The van der Waals surface area contributed by atoms with Gasteiger partial charge in [0, 0.05) is 18.8 Å². The van der Waals surface area contributed by atoms with E-state index in [1.165, 1.54) is 12.8 Å². The first-order chi connectivity index (χ1) is 6.68. The van der Waals surface area contributed by atoms with E-state index >= 15 is 0 Å².